The van der Waals surface area contributed by atoms with E-state index in [1.807, 2.05) is 18.0 Å². The molecule has 16 heavy (non-hydrogen) atoms. The minimum absolute atomic E-state index is 0.313. The summed E-state index contributed by atoms with van der Waals surface area (Å²) in [6, 6.07) is 4.09. The molecule has 0 saturated carbocycles. The summed E-state index contributed by atoms with van der Waals surface area (Å²) < 4.78 is 0. The second-order valence-electron chi connectivity index (χ2n) is 3.52. The maximum absolute atomic E-state index is 9.02. The highest BCUT2D eigenvalue weighted by atomic mass is 32.1. The fourth-order valence-corrected chi connectivity index (χ4v) is 2.34. The summed E-state index contributed by atoms with van der Waals surface area (Å²) in [5.41, 5.74) is 6.47. The molecule has 2 N–H and O–H groups in total. The molecule has 0 radical (unpaired) electrons. The topological polar surface area (TPSA) is 76.8 Å². The molecule has 0 unspecified atom stereocenters. The van der Waals surface area contributed by atoms with Crippen LogP contribution in [0.3, 0.4) is 0 Å². The van der Waals surface area contributed by atoms with E-state index < -0.39 is 0 Å². The first-order valence-electron chi connectivity index (χ1n) is 5.09. The lowest BCUT2D eigenvalue weighted by Gasteiger charge is -2.16. The van der Waals surface area contributed by atoms with E-state index in [-0.39, 0.29) is 0 Å². The van der Waals surface area contributed by atoms with Crippen molar-refractivity contribution in [1.82, 2.24) is 0 Å². The van der Waals surface area contributed by atoms with Gasteiger partial charge in [-0.15, -0.1) is 11.3 Å². The van der Waals surface area contributed by atoms with Crippen LogP contribution < -0.4 is 10.6 Å². The van der Waals surface area contributed by atoms with Gasteiger partial charge in [0.05, 0.1) is 5.69 Å². The van der Waals surface area contributed by atoms with Gasteiger partial charge in [-0.2, -0.15) is 10.5 Å². The zero-order valence-corrected chi connectivity index (χ0v) is 10.3. The molecular formula is C11H14N4S. The third kappa shape index (κ3) is 2.26. The van der Waals surface area contributed by atoms with Crippen molar-refractivity contribution in [2.24, 2.45) is 0 Å². The van der Waals surface area contributed by atoms with E-state index >= 15 is 0 Å². The summed E-state index contributed by atoms with van der Waals surface area (Å²) in [6.07, 6.45) is 2.15. The van der Waals surface area contributed by atoms with Crippen LogP contribution in [0.2, 0.25) is 0 Å². The predicted molar refractivity (Wildman–Crippen MR) is 66.3 cm³/mol. The van der Waals surface area contributed by atoms with Gasteiger partial charge in [0.1, 0.15) is 27.6 Å². The zero-order valence-electron chi connectivity index (χ0n) is 9.45. The average molecular weight is 234 g/mol. The Kier molecular flexibility index (Phi) is 4.16. The summed E-state index contributed by atoms with van der Waals surface area (Å²) in [5.74, 6) is 0. The first-order chi connectivity index (χ1) is 7.65. The Morgan fingerprint density at radius 1 is 1.38 bits per heavy atom. The third-order valence-electron chi connectivity index (χ3n) is 2.33. The lowest BCUT2D eigenvalue weighted by atomic mass is 10.2. The Morgan fingerprint density at radius 3 is 2.56 bits per heavy atom. The first-order valence-corrected chi connectivity index (χ1v) is 5.90. The number of nitrogen functional groups attached to an aromatic ring is 1. The molecule has 1 aromatic rings. The van der Waals surface area contributed by atoms with Crippen molar-refractivity contribution >= 4 is 22.0 Å². The van der Waals surface area contributed by atoms with Crippen LogP contribution in [-0.4, -0.2) is 13.6 Å². The molecule has 0 aromatic carbocycles. The van der Waals surface area contributed by atoms with Crippen molar-refractivity contribution < 1.29 is 0 Å². The van der Waals surface area contributed by atoms with E-state index in [0.29, 0.717) is 16.1 Å². The molecule has 0 bridgehead atoms. The monoisotopic (exact) mass is 234 g/mol. The van der Waals surface area contributed by atoms with E-state index in [1.54, 1.807) is 0 Å². The molecule has 0 saturated heterocycles. The van der Waals surface area contributed by atoms with E-state index in [4.69, 9.17) is 16.3 Å². The third-order valence-corrected chi connectivity index (χ3v) is 3.56. The number of nitriles is 2. The molecule has 5 heteroatoms. The number of hydrogen-bond donors (Lipinski definition) is 1. The van der Waals surface area contributed by atoms with Crippen molar-refractivity contribution in [3.05, 3.63) is 10.4 Å². The number of unbranched alkanes of at least 4 members (excludes halogenated alkanes) is 1. The minimum Gasteiger partial charge on any atom is -0.396 e. The van der Waals surface area contributed by atoms with E-state index in [0.717, 1.165) is 24.4 Å². The van der Waals surface area contributed by atoms with Crippen LogP contribution in [0.4, 0.5) is 10.7 Å². The Bertz CT molecular complexity index is 450. The average Bonchev–Trinajstić information content (AvgIpc) is 2.62. The van der Waals surface area contributed by atoms with Gasteiger partial charge in [-0.1, -0.05) is 13.3 Å². The van der Waals surface area contributed by atoms with Crippen molar-refractivity contribution in [2.75, 3.05) is 24.2 Å². The lowest BCUT2D eigenvalue weighted by molar-refractivity contribution is 0.770. The van der Waals surface area contributed by atoms with Gasteiger partial charge in [-0.05, 0) is 6.42 Å². The van der Waals surface area contributed by atoms with Crippen molar-refractivity contribution in [2.45, 2.75) is 19.8 Å². The largest absolute Gasteiger partial charge is 0.396 e. The molecule has 0 aliphatic heterocycles. The molecule has 0 aliphatic carbocycles. The van der Waals surface area contributed by atoms with Crippen LogP contribution in [0.15, 0.2) is 0 Å². The molecule has 0 amide bonds. The number of rotatable bonds is 4. The molecule has 1 aromatic heterocycles. The van der Waals surface area contributed by atoms with Crippen molar-refractivity contribution in [3.8, 4) is 12.1 Å². The SMILES string of the molecule is CCCCN(C)c1sc(C#N)c(N)c1C#N. The summed E-state index contributed by atoms with van der Waals surface area (Å²) in [5, 5.41) is 18.7. The second kappa shape index (κ2) is 5.39. The van der Waals surface area contributed by atoms with Gasteiger partial charge in [0.2, 0.25) is 0 Å². The Morgan fingerprint density at radius 2 is 2.06 bits per heavy atom. The van der Waals surface area contributed by atoms with Crippen molar-refractivity contribution in [3.63, 3.8) is 0 Å². The highest BCUT2D eigenvalue weighted by Gasteiger charge is 2.18. The number of anilines is 2. The Balaban J connectivity index is 3.05. The first kappa shape index (κ1) is 12.4. The normalized spacial score (nSPS) is 9.50. The lowest BCUT2D eigenvalue weighted by Crippen LogP contribution is -2.18. The predicted octanol–water partition coefficient (Wildman–Crippen LogP) is 2.31. The standard InChI is InChI=1S/C11H14N4S/c1-3-4-5-15(2)11-8(6-12)10(14)9(7-13)16-11/h3-5,14H2,1-2H3. The second-order valence-corrected chi connectivity index (χ2v) is 4.52. The highest BCUT2D eigenvalue weighted by molar-refractivity contribution is 7.17. The minimum atomic E-state index is 0.313. The number of nitrogens with two attached hydrogens (primary N) is 1. The van der Waals surface area contributed by atoms with Crippen LogP contribution in [0.5, 0.6) is 0 Å². The quantitative estimate of drug-likeness (QED) is 0.867. The number of hydrogen-bond acceptors (Lipinski definition) is 5. The molecule has 0 spiro atoms. The van der Waals surface area contributed by atoms with Crippen LogP contribution in [0.1, 0.15) is 30.2 Å². The summed E-state index contributed by atoms with van der Waals surface area (Å²) in [7, 11) is 1.92. The summed E-state index contributed by atoms with van der Waals surface area (Å²) in [4.78, 5) is 2.42. The molecule has 4 nitrogen and oxygen atoms in total. The number of thiophene rings is 1. The molecular weight excluding hydrogens is 220 g/mol. The fraction of sp³-hybridized carbons (Fsp3) is 0.455. The highest BCUT2D eigenvalue weighted by Crippen LogP contribution is 2.36. The van der Waals surface area contributed by atoms with Gasteiger partial charge in [-0.25, -0.2) is 0 Å². The van der Waals surface area contributed by atoms with Gasteiger partial charge in [0.25, 0.3) is 0 Å². The van der Waals surface area contributed by atoms with Gasteiger partial charge < -0.3 is 10.6 Å². The summed E-state index contributed by atoms with van der Waals surface area (Å²) >= 11 is 1.29. The smallest absolute Gasteiger partial charge is 0.131 e. The molecule has 84 valence electrons. The van der Waals surface area contributed by atoms with Gasteiger partial charge in [0.15, 0.2) is 0 Å². The van der Waals surface area contributed by atoms with Gasteiger partial charge in [0, 0.05) is 13.6 Å². The van der Waals surface area contributed by atoms with Gasteiger partial charge >= 0.3 is 0 Å². The zero-order chi connectivity index (χ0) is 12.1. The fourth-order valence-electron chi connectivity index (χ4n) is 1.39. The van der Waals surface area contributed by atoms with Gasteiger partial charge in [-0.3, -0.25) is 0 Å². The van der Waals surface area contributed by atoms with Crippen molar-refractivity contribution in [1.29, 1.82) is 10.5 Å². The van der Waals surface area contributed by atoms with Crippen LogP contribution in [-0.2, 0) is 0 Å². The van der Waals surface area contributed by atoms with E-state index in [2.05, 4.69) is 13.0 Å². The van der Waals surface area contributed by atoms with E-state index in [1.165, 1.54) is 11.3 Å². The van der Waals surface area contributed by atoms with Crippen LogP contribution in [0.25, 0.3) is 0 Å². The molecule has 0 aliphatic rings. The molecule has 0 atom stereocenters. The maximum atomic E-state index is 9.02. The molecule has 1 heterocycles. The summed E-state index contributed by atoms with van der Waals surface area (Å²) in [6.45, 7) is 2.98. The molecule has 0 fully saturated rings. The van der Waals surface area contributed by atoms with Crippen LogP contribution >= 0.6 is 11.3 Å². The Labute approximate surface area is 99.5 Å². The maximum Gasteiger partial charge on any atom is 0.131 e. The van der Waals surface area contributed by atoms with Crippen LogP contribution in [0, 0.1) is 22.7 Å². The Hall–Kier alpha value is -1.72. The van der Waals surface area contributed by atoms with E-state index in [9.17, 15) is 0 Å². The number of nitrogens with zero attached hydrogens (tertiary/aromatic N) is 3. The molecule has 1 rings (SSSR count).